The number of benzene rings is 2. The molecule has 0 aliphatic heterocycles. The van der Waals surface area contributed by atoms with E-state index in [-0.39, 0.29) is 0 Å². The minimum atomic E-state index is -1.66. The standard InChI is InChI=1S/C17H14BrFO/c1-12-7-9-13(10-8-12)15(18)11-16(19)17(20)14-5-3-2-4-6-14/h2-11,16H,1H3. The number of hydrogen-bond donors (Lipinski definition) is 0. The molecule has 0 amide bonds. The number of carbonyl (C=O) groups is 1. The number of carbonyl (C=O) groups excluding carboxylic acids is 1. The lowest BCUT2D eigenvalue weighted by atomic mass is 10.1. The molecule has 2 aromatic rings. The van der Waals surface area contributed by atoms with E-state index in [4.69, 9.17) is 0 Å². The number of halogens is 2. The molecule has 0 spiro atoms. The summed E-state index contributed by atoms with van der Waals surface area (Å²) >= 11 is 3.32. The van der Waals surface area contributed by atoms with Crippen LogP contribution in [0.2, 0.25) is 0 Å². The number of allylic oxidation sites excluding steroid dienone is 1. The molecular formula is C17H14BrFO. The lowest BCUT2D eigenvalue weighted by molar-refractivity contribution is 0.0914. The van der Waals surface area contributed by atoms with Crippen LogP contribution in [0, 0.1) is 6.92 Å². The van der Waals surface area contributed by atoms with E-state index in [9.17, 15) is 9.18 Å². The van der Waals surface area contributed by atoms with E-state index >= 15 is 0 Å². The molecule has 0 radical (unpaired) electrons. The topological polar surface area (TPSA) is 17.1 Å². The zero-order valence-electron chi connectivity index (χ0n) is 11.0. The van der Waals surface area contributed by atoms with E-state index in [1.54, 1.807) is 30.3 Å². The Hall–Kier alpha value is -1.74. The van der Waals surface area contributed by atoms with Gasteiger partial charge in [0.2, 0.25) is 5.78 Å². The van der Waals surface area contributed by atoms with Gasteiger partial charge in [-0.3, -0.25) is 4.79 Å². The molecule has 1 atom stereocenters. The maximum absolute atomic E-state index is 14.0. The summed E-state index contributed by atoms with van der Waals surface area (Å²) < 4.78 is 14.6. The third-order valence-corrected chi connectivity index (χ3v) is 3.65. The highest BCUT2D eigenvalue weighted by Crippen LogP contribution is 2.23. The van der Waals surface area contributed by atoms with Crippen LogP contribution < -0.4 is 0 Å². The minimum Gasteiger partial charge on any atom is -0.290 e. The van der Waals surface area contributed by atoms with Crippen molar-refractivity contribution in [2.24, 2.45) is 0 Å². The maximum atomic E-state index is 14.0. The summed E-state index contributed by atoms with van der Waals surface area (Å²) in [5, 5.41) is 0. The van der Waals surface area contributed by atoms with Gasteiger partial charge in [-0.2, -0.15) is 0 Å². The van der Waals surface area contributed by atoms with Gasteiger partial charge in [-0.05, 0) is 18.6 Å². The van der Waals surface area contributed by atoms with Crippen LogP contribution in [0.4, 0.5) is 4.39 Å². The van der Waals surface area contributed by atoms with Crippen LogP contribution in [0.15, 0.2) is 60.7 Å². The highest BCUT2D eigenvalue weighted by molar-refractivity contribution is 9.15. The summed E-state index contributed by atoms with van der Waals surface area (Å²) in [4.78, 5) is 11.9. The SMILES string of the molecule is Cc1ccc(C(Br)=CC(F)C(=O)c2ccccc2)cc1. The Kier molecular flexibility index (Phi) is 4.85. The van der Waals surface area contributed by atoms with Crippen molar-refractivity contribution in [3.63, 3.8) is 0 Å². The summed E-state index contributed by atoms with van der Waals surface area (Å²) in [5.74, 6) is -0.533. The first-order valence-electron chi connectivity index (χ1n) is 6.25. The van der Waals surface area contributed by atoms with Crippen LogP contribution in [-0.4, -0.2) is 12.0 Å². The molecule has 20 heavy (non-hydrogen) atoms. The summed E-state index contributed by atoms with van der Waals surface area (Å²) in [6.07, 6.45) is -0.368. The lowest BCUT2D eigenvalue weighted by Crippen LogP contribution is -2.13. The Bertz CT molecular complexity index is 617. The van der Waals surface area contributed by atoms with E-state index in [0.717, 1.165) is 11.1 Å². The number of hydrogen-bond acceptors (Lipinski definition) is 1. The zero-order chi connectivity index (χ0) is 14.5. The molecule has 2 rings (SSSR count). The van der Waals surface area contributed by atoms with Crippen molar-refractivity contribution >= 4 is 26.2 Å². The van der Waals surface area contributed by atoms with Crippen molar-refractivity contribution in [2.75, 3.05) is 0 Å². The molecule has 0 N–H and O–H groups in total. The number of Topliss-reactive ketones (excluding diaryl/α,β-unsaturated/α-hetero) is 1. The minimum absolute atomic E-state index is 0.375. The van der Waals surface area contributed by atoms with Gasteiger partial charge in [0.15, 0.2) is 6.17 Å². The quantitative estimate of drug-likeness (QED) is 0.724. The molecule has 0 aliphatic carbocycles. The number of rotatable bonds is 4. The Morgan fingerprint density at radius 1 is 1.05 bits per heavy atom. The molecule has 0 fully saturated rings. The predicted octanol–water partition coefficient (Wildman–Crippen LogP) is 4.95. The van der Waals surface area contributed by atoms with E-state index in [1.165, 1.54) is 6.08 Å². The Morgan fingerprint density at radius 2 is 1.65 bits per heavy atom. The van der Waals surface area contributed by atoms with Gasteiger partial charge in [0.1, 0.15) is 0 Å². The predicted molar refractivity (Wildman–Crippen MR) is 83.8 cm³/mol. The smallest absolute Gasteiger partial charge is 0.200 e. The van der Waals surface area contributed by atoms with Crippen molar-refractivity contribution in [1.82, 2.24) is 0 Å². The van der Waals surface area contributed by atoms with Gasteiger partial charge in [0.05, 0.1) is 0 Å². The van der Waals surface area contributed by atoms with Crippen molar-refractivity contribution in [1.29, 1.82) is 0 Å². The first kappa shape index (κ1) is 14.7. The number of aryl methyl sites for hydroxylation is 1. The van der Waals surface area contributed by atoms with Crippen molar-refractivity contribution in [2.45, 2.75) is 13.1 Å². The van der Waals surface area contributed by atoms with Crippen LogP contribution in [0.25, 0.3) is 4.48 Å². The fourth-order valence-electron chi connectivity index (χ4n) is 1.77. The van der Waals surface area contributed by atoms with Crippen LogP contribution in [0.1, 0.15) is 21.5 Å². The summed E-state index contributed by atoms with van der Waals surface area (Å²) in [6.45, 7) is 1.98. The van der Waals surface area contributed by atoms with Gasteiger partial charge in [-0.1, -0.05) is 76.1 Å². The average molecular weight is 333 g/mol. The number of alkyl halides is 1. The maximum Gasteiger partial charge on any atom is 0.200 e. The van der Waals surface area contributed by atoms with Gasteiger partial charge in [-0.15, -0.1) is 0 Å². The fraction of sp³-hybridized carbons (Fsp3) is 0.118. The van der Waals surface area contributed by atoms with Crippen LogP contribution >= 0.6 is 15.9 Å². The van der Waals surface area contributed by atoms with Gasteiger partial charge in [0, 0.05) is 10.0 Å². The fourth-order valence-corrected chi connectivity index (χ4v) is 2.27. The molecule has 0 bridgehead atoms. The van der Waals surface area contributed by atoms with Gasteiger partial charge >= 0.3 is 0 Å². The zero-order valence-corrected chi connectivity index (χ0v) is 12.6. The second kappa shape index (κ2) is 6.62. The van der Waals surface area contributed by atoms with Crippen molar-refractivity contribution in [3.8, 4) is 0 Å². The molecular weight excluding hydrogens is 319 g/mol. The Morgan fingerprint density at radius 3 is 2.25 bits per heavy atom. The average Bonchev–Trinajstić information content (AvgIpc) is 2.48. The van der Waals surface area contributed by atoms with E-state index < -0.39 is 12.0 Å². The third kappa shape index (κ3) is 3.64. The first-order valence-corrected chi connectivity index (χ1v) is 7.05. The van der Waals surface area contributed by atoms with Gasteiger partial charge in [-0.25, -0.2) is 4.39 Å². The van der Waals surface area contributed by atoms with Gasteiger partial charge in [0.25, 0.3) is 0 Å². The first-order chi connectivity index (χ1) is 9.58. The van der Waals surface area contributed by atoms with E-state index in [0.29, 0.717) is 10.0 Å². The van der Waals surface area contributed by atoms with Crippen molar-refractivity contribution in [3.05, 3.63) is 77.4 Å². The highest BCUT2D eigenvalue weighted by Gasteiger charge is 2.17. The molecule has 0 saturated carbocycles. The van der Waals surface area contributed by atoms with E-state index in [1.807, 2.05) is 31.2 Å². The van der Waals surface area contributed by atoms with Crippen LogP contribution in [0.5, 0.6) is 0 Å². The molecule has 1 nitrogen and oxygen atoms in total. The van der Waals surface area contributed by atoms with Crippen LogP contribution in [-0.2, 0) is 0 Å². The summed E-state index contributed by atoms with van der Waals surface area (Å²) in [7, 11) is 0. The molecule has 1 unspecified atom stereocenters. The Balaban J connectivity index is 2.17. The monoisotopic (exact) mass is 332 g/mol. The Labute approximate surface area is 126 Å². The highest BCUT2D eigenvalue weighted by atomic mass is 79.9. The summed E-state index contributed by atoms with van der Waals surface area (Å²) in [5.41, 5.74) is 2.35. The molecule has 0 aliphatic rings. The van der Waals surface area contributed by atoms with Gasteiger partial charge < -0.3 is 0 Å². The van der Waals surface area contributed by atoms with E-state index in [2.05, 4.69) is 15.9 Å². The van der Waals surface area contributed by atoms with Crippen molar-refractivity contribution < 1.29 is 9.18 Å². The molecule has 102 valence electrons. The molecule has 0 saturated heterocycles. The normalized spacial score (nSPS) is 13.1. The summed E-state index contributed by atoms with van der Waals surface area (Å²) in [6, 6.07) is 16.1. The largest absolute Gasteiger partial charge is 0.290 e. The molecule has 0 heterocycles. The van der Waals surface area contributed by atoms with Crippen LogP contribution in [0.3, 0.4) is 0 Å². The third-order valence-electron chi connectivity index (χ3n) is 2.93. The lowest BCUT2D eigenvalue weighted by Gasteiger charge is -2.05. The molecule has 0 aromatic heterocycles. The molecule has 2 aromatic carbocycles. The number of ketones is 1. The molecule has 3 heteroatoms. The second-order valence-corrected chi connectivity index (χ2v) is 5.37. The second-order valence-electron chi connectivity index (χ2n) is 4.51.